The van der Waals surface area contributed by atoms with E-state index in [9.17, 15) is 9.59 Å². The van der Waals surface area contributed by atoms with Crippen LogP contribution in [0.15, 0.2) is 83.7 Å². The van der Waals surface area contributed by atoms with E-state index in [0.29, 0.717) is 11.1 Å². The standard InChI is InChI=1S/C24H17N3O2S/c28-23-18-6-2-1-5-16(18)14-20(27-23)24(29)25-17-11-9-15(10-12-17)13-22-26-19-7-3-4-8-21(19)30-22/h1-12,14H,13H2,(H,25,29)(H,27,28). The molecule has 0 atom stereocenters. The molecule has 2 heterocycles. The molecule has 0 spiro atoms. The predicted molar refractivity (Wildman–Crippen MR) is 121 cm³/mol. The number of thiazole rings is 1. The van der Waals surface area contributed by atoms with Gasteiger partial charge in [-0.15, -0.1) is 11.3 Å². The maximum atomic E-state index is 12.6. The first-order valence-electron chi connectivity index (χ1n) is 9.52. The van der Waals surface area contributed by atoms with E-state index in [1.54, 1.807) is 29.5 Å². The van der Waals surface area contributed by atoms with Gasteiger partial charge in [-0.1, -0.05) is 42.5 Å². The zero-order valence-corrected chi connectivity index (χ0v) is 16.7. The van der Waals surface area contributed by atoms with Crippen molar-refractivity contribution in [1.29, 1.82) is 0 Å². The molecule has 1 amide bonds. The number of nitrogens with zero attached hydrogens (tertiary/aromatic N) is 1. The summed E-state index contributed by atoms with van der Waals surface area (Å²) in [5.74, 6) is -0.350. The molecule has 0 unspecified atom stereocenters. The highest BCUT2D eigenvalue weighted by atomic mass is 32.1. The average Bonchev–Trinajstić information content (AvgIpc) is 3.17. The molecule has 5 aromatic rings. The lowest BCUT2D eigenvalue weighted by molar-refractivity contribution is 0.102. The second-order valence-corrected chi connectivity index (χ2v) is 8.12. The van der Waals surface area contributed by atoms with Gasteiger partial charge in [0.05, 0.1) is 15.2 Å². The first kappa shape index (κ1) is 18.3. The van der Waals surface area contributed by atoms with Crippen molar-refractivity contribution in [2.24, 2.45) is 0 Å². The lowest BCUT2D eigenvalue weighted by Crippen LogP contribution is -2.18. The molecule has 5 nitrogen and oxygen atoms in total. The molecule has 0 aliphatic heterocycles. The summed E-state index contributed by atoms with van der Waals surface area (Å²) in [6, 6.07) is 24.7. The number of anilines is 1. The van der Waals surface area contributed by atoms with E-state index < -0.39 is 0 Å². The minimum atomic E-state index is -0.350. The molecule has 146 valence electrons. The van der Waals surface area contributed by atoms with Crippen LogP contribution in [0.1, 0.15) is 21.1 Å². The molecule has 0 saturated heterocycles. The first-order chi connectivity index (χ1) is 14.7. The monoisotopic (exact) mass is 411 g/mol. The highest BCUT2D eigenvalue weighted by Gasteiger charge is 2.10. The summed E-state index contributed by atoms with van der Waals surface area (Å²) < 4.78 is 1.18. The van der Waals surface area contributed by atoms with Gasteiger partial charge in [0.2, 0.25) is 0 Å². The van der Waals surface area contributed by atoms with Gasteiger partial charge in [0.1, 0.15) is 5.69 Å². The third-order valence-corrected chi connectivity index (χ3v) is 5.94. The molecule has 2 aromatic heterocycles. The quantitative estimate of drug-likeness (QED) is 0.438. The third kappa shape index (κ3) is 3.60. The largest absolute Gasteiger partial charge is 0.321 e. The molecule has 3 aromatic carbocycles. The molecule has 0 fully saturated rings. The van der Waals surface area contributed by atoms with Gasteiger partial charge < -0.3 is 10.3 Å². The lowest BCUT2D eigenvalue weighted by atomic mass is 10.1. The molecule has 6 heteroatoms. The fourth-order valence-corrected chi connectivity index (χ4v) is 4.41. The number of amides is 1. The number of hydrogen-bond acceptors (Lipinski definition) is 4. The Kier molecular flexibility index (Phi) is 4.61. The van der Waals surface area contributed by atoms with Crippen molar-refractivity contribution in [1.82, 2.24) is 9.97 Å². The van der Waals surface area contributed by atoms with Crippen molar-refractivity contribution in [3.63, 3.8) is 0 Å². The molecular weight excluding hydrogens is 394 g/mol. The van der Waals surface area contributed by atoms with Crippen LogP contribution in [0.5, 0.6) is 0 Å². The zero-order valence-electron chi connectivity index (χ0n) is 15.9. The van der Waals surface area contributed by atoms with Crippen LogP contribution in [0, 0.1) is 0 Å². The normalized spacial score (nSPS) is 11.1. The minimum Gasteiger partial charge on any atom is -0.321 e. The fraction of sp³-hybridized carbons (Fsp3) is 0.0417. The van der Waals surface area contributed by atoms with Gasteiger partial charge in [-0.2, -0.15) is 0 Å². The van der Waals surface area contributed by atoms with Gasteiger partial charge in [-0.05, 0) is 47.3 Å². The number of benzene rings is 3. The fourth-order valence-electron chi connectivity index (χ4n) is 3.41. The van der Waals surface area contributed by atoms with E-state index in [1.165, 1.54) is 4.70 Å². The van der Waals surface area contributed by atoms with Crippen LogP contribution < -0.4 is 10.9 Å². The summed E-state index contributed by atoms with van der Waals surface area (Å²) in [7, 11) is 0. The Morgan fingerprint density at radius 3 is 2.57 bits per heavy atom. The van der Waals surface area contributed by atoms with Crippen molar-refractivity contribution in [3.05, 3.63) is 105 Å². The van der Waals surface area contributed by atoms with Crippen molar-refractivity contribution >= 4 is 43.9 Å². The minimum absolute atomic E-state index is 0.234. The van der Waals surface area contributed by atoms with Crippen LogP contribution >= 0.6 is 11.3 Å². The Bertz CT molecular complexity index is 1400. The van der Waals surface area contributed by atoms with Crippen LogP contribution in [0.2, 0.25) is 0 Å². The van der Waals surface area contributed by atoms with E-state index in [-0.39, 0.29) is 17.2 Å². The van der Waals surface area contributed by atoms with Gasteiger partial charge >= 0.3 is 0 Å². The number of hydrogen-bond donors (Lipinski definition) is 2. The maximum Gasteiger partial charge on any atom is 0.272 e. The zero-order chi connectivity index (χ0) is 20.5. The predicted octanol–water partition coefficient (Wildman–Crippen LogP) is 4.98. The molecule has 5 rings (SSSR count). The summed E-state index contributed by atoms with van der Waals surface area (Å²) in [5.41, 5.74) is 2.76. The van der Waals surface area contributed by atoms with Crippen LogP contribution in [-0.4, -0.2) is 15.9 Å². The van der Waals surface area contributed by atoms with Crippen LogP contribution in [-0.2, 0) is 6.42 Å². The molecule has 30 heavy (non-hydrogen) atoms. The second kappa shape index (κ2) is 7.57. The van der Waals surface area contributed by atoms with Gasteiger partial charge in [0, 0.05) is 17.5 Å². The van der Waals surface area contributed by atoms with Crippen molar-refractivity contribution in [2.75, 3.05) is 5.32 Å². The van der Waals surface area contributed by atoms with E-state index in [2.05, 4.69) is 21.4 Å². The summed E-state index contributed by atoms with van der Waals surface area (Å²) in [6.07, 6.45) is 0.742. The summed E-state index contributed by atoms with van der Waals surface area (Å²) in [6.45, 7) is 0. The Morgan fingerprint density at radius 1 is 0.967 bits per heavy atom. The van der Waals surface area contributed by atoms with E-state index in [0.717, 1.165) is 27.9 Å². The van der Waals surface area contributed by atoms with Crippen molar-refractivity contribution < 1.29 is 4.79 Å². The number of H-pyrrole nitrogens is 1. The first-order valence-corrected chi connectivity index (χ1v) is 10.3. The maximum absolute atomic E-state index is 12.6. The van der Waals surface area contributed by atoms with Gasteiger partial charge in [0.25, 0.3) is 11.5 Å². The van der Waals surface area contributed by atoms with Gasteiger partial charge in [-0.3, -0.25) is 9.59 Å². The number of nitrogens with one attached hydrogen (secondary N) is 2. The highest BCUT2D eigenvalue weighted by Crippen LogP contribution is 2.24. The summed E-state index contributed by atoms with van der Waals surface area (Å²) >= 11 is 1.69. The molecule has 2 N–H and O–H groups in total. The van der Waals surface area contributed by atoms with Crippen LogP contribution in [0.4, 0.5) is 5.69 Å². The number of pyridine rings is 1. The second-order valence-electron chi connectivity index (χ2n) is 7.00. The molecule has 0 bridgehead atoms. The van der Waals surface area contributed by atoms with E-state index >= 15 is 0 Å². The Hall–Kier alpha value is -3.77. The van der Waals surface area contributed by atoms with Crippen molar-refractivity contribution in [3.8, 4) is 0 Å². The Balaban J connectivity index is 1.32. The summed E-state index contributed by atoms with van der Waals surface area (Å²) in [5, 5.41) is 5.19. The van der Waals surface area contributed by atoms with Crippen LogP contribution in [0.25, 0.3) is 21.0 Å². The Morgan fingerprint density at radius 2 is 1.73 bits per heavy atom. The number of carbonyl (C=O) groups excluding carboxylic acids is 1. The average molecular weight is 411 g/mol. The number of rotatable bonds is 4. The number of para-hydroxylation sites is 1. The number of fused-ring (bicyclic) bond motifs is 2. The number of aromatic nitrogens is 2. The number of aromatic amines is 1. The van der Waals surface area contributed by atoms with Gasteiger partial charge in [-0.25, -0.2) is 4.98 Å². The molecule has 0 radical (unpaired) electrons. The van der Waals surface area contributed by atoms with Crippen molar-refractivity contribution in [2.45, 2.75) is 6.42 Å². The Labute approximate surface area is 176 Å². The van der Waals surface area contributed by atoms with Crippen LogP contribution in [0.3, 0.4) is 0 Å². The highest BCUT2D eigenvalue weighted by molar-refractivity contribution is 7.18. The van der Waals surface area contributed by atoms with E-state index in [4.69, 9.17) is 0 Å². The molecule has 0 aliphatic carbocycles. The SMILES string of the molecule is O=C(Nc1ccc(Cc2nc3ccccc3s2)cc1)c1cc2ccccc2c(=O)[nH]1. The molecule has 0 aliphatic rings. The van der Waals surface area contributed by atoms with E-state index in [1.807, 2.05) is 54.6 Å². The number of carbonyl (C=O) groups is 1. The van der Waals surface area contributed by atoms with Gasteiger partial charge in [0.15, 0.2) is 0 Å². The smallest absolute Gasteiger partial charge is 0.272 e. The molecular formula is C24H17N3O2S. The topological polar surface area (TPSA) is 74.8 Å². The third-order valence-electron chi connectivity index (χ3n) is 4.90. The lowest BCUT2D eigenvalue weighted by Gasteiger charge is -2.07. The summed E-state index contributed by atoms with van der Waals surface area (Å²) in [4.78, 5) is 32.1. The molecule has 0 saturated carbocycles.